The van der Waals surface area contributed by atoms with E-state index in [-0.39, 0.29) is 94.4 Å². The first-order chi connectivity index (χ1) is 1.00. The van der Waals surface area contributed by atoms with Crippen LogP contribution in [-0.4, -0.2) is 103 Å². The fourth-order valence-corrected chi connectivity index (χ4v) is 0. The first kappa shape index (κ1) is 15.7. The van der Waals surface area contributed by atoms with Gasteiger partial charge in [-0.1, -0.05) is 0 Å². The van der Waals surface area contributed by atoms with Gasteiger partial charge < -0.3 is 0 Å². The van der Waals surface area contributed by atoms with E-state index < -0.39 is 0 Å². The summed E-state index contributed by atoms with van der Waals surface area (Å²) in [5.74, 6) is 0. The summed E-state index contributed by atoms with van der Waals surface area (Å²) in [6, 6.07) is 0. The van der Waals surface area contributed by atoms with Crippen LogP contribution in [0.1, 0.15) is 0 Å². The molecule has 0 aromatic rings. The van der Waals surface area contributed by atoms with Gasteiger partial charge in [0.25, 0.3) is 0 Å². The van der Waals surface area contributed by atoms with E-state index in [0.29, 0.717) is 0 Å². The molecule has 0 nitrogen and oxygen atoms in total. The summed E-state index contributed by atoms with van der Waals surface area (Å²) in [6.07, 6.45) is 0. The molecule has 0 atom stereocenters. The van der Waals surface area contributed by atoms with Crippen LogP contribution in [0.2, 0.25) is 0 Å². The van der Waals surface area contributed by atoms with Crippen LogP contribution in [0.15, 0.2) is 0 Å². The molecule has 0 spiro atoms. The molecule has 0 N–H and O–H groups in total. The van der Waals surface area contributed by atoms with Gasteiger partial charge >= 0.3 is 119 Å². The van der Waals surface area contributed by atoms with Crippen molar-refractivity contribution in [1.82, 2.24) is 0 Å². The molecular formula is H7BaFeSiSr. The Balaban J connectivity index is -0.00000000500. The molecule has 0 fully saturated rings. The molecule has 0 radical (unpaired) electrons. The van der Waals surface area contributed by atoms with Crippen molar-refractivity contribution >= 4 is 103 Å². The number of hydrogen-bond donors (Lipinski definition) is 0. The molecule has 23 valence electrons. The molecule has 0 aliphatic carbocycles. The topological polar surface area (TPSA) is 0 Å². The number of hydrogen-bond acceptors (Lipinski definition) is 0. The van der Waals surface area contributed by atoms with Gasteiger partial charge in [-0.3, -0.25) is 0 Å². The second kappa shape index (κ2) is 15.8. The molecule has 0 heterocycles. The van der Waals surface area contributed by atoms with Crippen LogP contribution in [0.4, 0.5) is 0 Å². The monoisotopic (exact) mass is 317 g/mol. The fraction of sp³-hybridized carbons (Fsp3) is 0. The van der Waals surface area contributed by atoms with Gasteiger partial charge in [-0.25, -0.2) is 0 Å². The Morgan fingerprint density at radius 1 is 1.25 bits per heavy atom. The van der Waals surface area contributed by atoms with Crippen molar-refractivity contribution in [2.75, 3.05) is 0 Å². The minimum absolute atomic E-state index is 0. The van der Waals surface area contributed by atoms with Crippen molar-refractivity contribution in [2.24, 2.45) is 0 Å². The molecule has 0 saturated heterocycles. The summed E-state index contributed by atoms with van der Waals surface area (Å²) in [4.78, 5) is 0. The minimum atomic E-state index is 0. The van der Waals surface area contributed by atoms with Crippen LogP contribution in [0, 0.1) is 0 Å². The van der Waals surface area contributed by atoms with Crippen LogP contribution >= 0.6 is 0 Å². The number of rotatable bonds is 0. The average molecular weight is 316 g/mol. The maximum absolute atomic E-state index is 3.39. The van der Waals surface area contributed by atoms with E-state index in [0.717, 1.165) is 8.85 Å². The Hall–Kier alpha value is 3.79. The quantitative estimate of drug-likeness (QED) is 0.418. The molecule has 4 heavy (non-hydrogen) atoms. The zero-order valence-corrected chi connectivity index (χ0v) is 4.46. The Morgan fingerprint density at radius 2 is 1.25 bits per heavy atom. The Labute approximate surface area is 115 Å². The predicted octanol–water partition coefficient (Wildman–Crippen LogP) is -3.02. The van der Waals surface area contributed by atoms with Gasteiger partial charge in [-0.15, -0.1) is 0 Å². The SMILES string of the molecule is [BaH2].[SiH3][Fe].[SrH2]. The summed E-state index contributed by atoms with van der Waals surface area (Å²) in [6.45, 7) is 0. The Kier molecular flexibility index (Phi) is 62.0. The van der Waals surface area contributed by atoms with Gasteiger partial charge in [-0.05, 0) is 0 Å². The molecule has 0 aliphatic heterocycles. The second-order valence-electron chi connectivity index (χ2n) is 0. The molecule has 0 aromatic carbocycles. The van der Waals surface area contributed by atoms with Gasteiger partial charge in [0.2, 0.25) is 0 Å². The van der Waals surface area contributed by atoms with Gasteiger partial charge in [0.15, 0.2) is 0 Å². The fourth-order valence-electron chi connectivity index (χ4n) is 0. The summed E-state index contributed by atoms with van der Waals surface area (Å²) in [5.41, 5.74) is 0. The van der Waals surface area contributed by atoms with E-state index in [1.807, 2.05) is 0 Å². The van der Waals surface area contributed by atoms with Crippen molar-refractivity contribution in [2.45, 2.75) is 0 Å². The van der Waals surface area contributed by atoms with Crippen molar-refractivity contribution in [3.63, 3.8) is 0 Å². The van der Waals surface area contributed by atoms with Crippen molar-refractivity contribution in [3.8, 4) is 0 Å². The van der Waals surface area contributed by atoms with E-state index in [1.54, 1.807) is 0 Å². The Bertz CT molecular complexity index is 8.00. The third-order valence-corrected chi connectivity index (χ3v) is 0. The van der Waals surface area contributed by atoms with E-state index in [4.69, 9.17) is 0 Å². The second-order valence-corrected chi connectivity index (χ2v) is 0. The summed E-state index contributed by atoms with van der Waals surface area (Å²) in [5, 5.41) is 0. The summed E-state index contributed by atoms with van der Waals surface area (Å²) >= 11 is 3.39. The molecule has 0 aromatic heterocycles. The summed E-state index contributed by atoms with van der Waals surface area (Å²) in [7, 11) is 1.06. The van der Waals surface area contributed by atoms with Gasteiger partial charge in [-0.2, -0.15) is 0 Å². The molecule has 0 bridgehead atoms. The van der Waals surface area contributed by atoms with Gasteiger partial charge in [0.05, 0.1) is 0 Å². The molecular weight excluding hydrogens is 309 g/mol. The molecule has 0 aliphatic rings. The normalized spacial score (nSPS) is 2.25. The molecule has 0 unspecified atom stereocenters. The van der Waals surface area contributed by atoms with Crippen LogP contribution in [0.3, 0.4) is 0 Å². The van der Waals surface area contributed by atoms with Crippen LogP contribution < -0.4 is 0 Å². The maximum atomic E-state index is 3.39. The third kappa shape index (κ3) is 9.25. The first-order valence-corrected chi connectivity index (χ1v) is 4.37. The van der Waals surface area contributed by atoms with E-state index in [2.05, 4.69) is 15.4 Å². The van der Waals surface area contributed by atoms with Crippen LogP contribution in [0.5, 0.6) is 0 Å². The van der Waals surface area contributed by atoms with E-state index >= 15 is 0 Å². The first-order valence-electron chi connectivity index (χ1n) is 0.354. The Morgan fingerprint density at radius 3 is 1.25 bits per heavy atom. The van der Waals surface area contributed by atoms with Crippen molar-refractivity contribution < 1.29 is 15.4 Å². The van der Waals surface area contributed by atoms with Crippen molar-refractivity contribution in [3.05, 3.63) is 0 Å². The molecule has 0 amide bonds. The average Bonchev–Trinajstić information content (AvgIpc) is 1.00. The van der Waals surface area contributed by atoms with E-state index in [1.165, 1.54) is 0 Å². The van der Waals surface area contributed by atoms with Crippen LogP contribution in [0.25, 0.3) is 0 Å². The summed E-state index contributed by atoms with van der Waals surface area (Å²) < 4.78 is 0. The standard InChI is InChI=1S/Ba.Fe.H3Si.Sr.4H/h;;1H3;;;;;. The molecule has 4 heteroatoms. The predicted molar refractivity (Wildman–Crippen MR) is 27.0 cm³/mol. The van der Waals surface area contributed by atoms with E-state index in [9.17, 15) is 0 Å². The third-order valence-electron chi connectivity index (χ3n) is 0. The molecule has 0 rings (SSSR count). The zero-order chi connectivity index (χ0) is 2.00. The van der Waals surface area contributed by atoms with Crippen molar-refractivity contribution in [1.29, 1.82) is 0 Å². The van der Waals surface area contributed by atoms with Gasteiger partial charge in [0, 0.05) is 0 Å². The van der Waals surface area contributed by atoms with Crippen LogP contribution in [-0.2, 0) is 15.4 Å². The zero-order valence-electron chi connectivity index (χ0n) is 1.35. The molecule has 0 saturated carbocycles. The van der Waals surface area contributed by atoms with Gasteiger partial charge in [0.1, 0.15) is 0 Å².